The summed E-state index contributed by atoms with van der Waals surface area (Å²) < 4.78 is 30.8. The number of nitro benzene ring substituents is 1. The smallest absolute Gasteiger partial charge is 0.318 e. The second-order valence-corrected chi connectivity index (χ2v) is 5.52. The van der Waals surface area contributed by atoms with Crippen molar-refractivity contribution in [2.45, 2.75) is 11.8 Å². The molecule has 0 aliphatic heterocycles. The molecule has 0 amide bonds. The highest BCUT2D eigenvalue weighted by molar-refractivity contribution is 7.92. The van der Waals surface area contributed by atoms with E-state index in [1.165, 1.54) is 13.0 Å². The number of nitro groups is 1. The van der Waals surface area contributed by atoms with Gasteiger partial charge in [0.05, 0.1) is 9.82 Å². The molecule has 0 saturated heterocycles. The number of hydrogen-bond acceptors (Lipinski definition) is 9. The van der Waals surface area contributed by atoms with E-state index in [4.69, 9.17) is 5.84 Å². The number of anilines is 2. The van der Waals surface area contributed by atoms with E-state index in [-0.39, 0.29) is 22.4 Å². The molecule has 2 rings (SSSR count). The average Bonchev–Trinajstić information content (AvgIpc) is 2.82. The number of sulfonamides is 1. The molecule has 0 fully saturated rings. The number of nitrogens with zero attached hydrogens (tertiary/aromatic N) is 3. The zero-order valence-electron chi connectivity index (χ0n) is 10.6. The van der Waals surface area contributed by atoms with Gasteiger partial charge in [0.15, 0.2) is 5.82 Å². The molecular weight excluding hydrogens is 304 g/mol. The van der Waals surface area contributed by atoms with Gasteiger partial charge in [0.25, 0.3) is 15.7 Å². The molecule has 0 spiro atoms. The van der Waals surface area contributed by atoms with Crippen molar-refractivity contribution in [3.05, 3.63) is 34.1 Å². The van der Waals surface area contributed by atoms with Crippen molar-refractivity contribution in [2.24, 2.45) is 5.84 Å². The van der Waals surface area contributed by atoms with Crippen LogP contribution in [0.15, 0.2) is 27.6 Å². The monoisotopic (exact) mass is 314 g/mol. The molecule has 1 heterocycles. The summed E-state index contributed by atoms with van der Waals surface area (Å²) in [4.78, 5) is 13.5. The quantitative estimate of drug-likeness (QED) is 0.401. The summed E-state index contributed by atoms with van der Waals surface area (Å²) in [5, 5.41) is 14.3. The number of benzene rings is 1. The molecule has 0 atom stereocenters. The first-order chi connectivity index (χ1) is 9.83. The van der Waals surface area contributed by atoms with Crippen molar-refractivity contribution in [2.75, 3.05) is 10.1 Å². The van der Waals surface area contributed by atoms with Gasteiger partial charge in [-0.05, 0) is 19.1 Å². The Balaban J connectivity index is 2.40. The molecule has 1 aromatic carbocycles. The van der Waals surface area contributed by atoms with E-state index in [0.717, 1.165) is 12.1 Å². The number of nitrogen functional groups attached to an aromatic ring is 1. The van der Waals surface area contributed by atoms with Gasteiger partial charge in [-0.25, -0.2) is 13.1 Å². The van der Waals surface area contributed by atoms with Crippen molar-refractivity contribution < 1.29 is 17.9 Å². The van der Waals surface area contributed by atoms with Gasteiger partial charge in [-0.3, -0.25) is 16.0 Å². The summed E-state index contributed by atoms with van der Waals surface area (Å²) in [7, 11) is -4.10. The number of nitrogens with two attached hydrogens (primary N) is 1. The average molecular weight is 314 g/mol. The van der Waals surface area contributed by atoms with Crippen LogP contribution in [-0.2, 0) is 10.0 Å². The molecule has 112 valence electrons. The molecule has 0 radical (unpaired) electrons. The van der Waals surface area contributed by atoms with Crippen LogP contribution in [0.2, 0.25) is 0 Å². The molecule has 1 aromatic heterocycles. The van der Waals surface area contributed by atoms with Crippen LogP contribution in [0.25, 0.3) is 0 Å². The van der Waals surface area contributed by atoms with Gasteiger partial charge in [0, 0.05) is 6.07 Å². The Hall–Kier alpha value is -2.73. The molecule has 12 heteroatoms. The Morgan fingerprint density at radius 2 is 2.14 bits per heavy atom. The molecule has 2 aromatic rings. The molecule has 0 saturated carbocycles. The molecule has 4 N–H and O–H groups in total. The summed E-state index contributed by atoms with van der Waals surface area (Å²) in [6, 6.07) is 2.84. The van der Waals surface area contributed by atoms with Gasteiger partial charge >= 0.3 is 6.01 Å². The number of nitrogens with one attached hydrogen (secondary N) is 2. The van der Waals surface area contributed by atoms with Gasteiger partial charge in [-0.15, -0.1) is 0 Å². The van der Waals surface area contributed by atoms with Crippen LogP contribution in [0.1, 0.15) is 5.82 Å². The van der Waals surface area contributed by atoms with E-state index in [1.807, 2.05) is 4.72 Å². The molecule has 0 bridgehead atoms. The van der Waals surface area contributed by atoms with E-state index in [0.29, 0.717) is 0 Å². The van der Waals surface area contributed by atoms with Crippen LogP contribution in [0.3, 0.4) is 0 Å². The first kappa shape index (κ1) is 14.7. The summed E-state index contributed by atoms with van der Waals surface area (Å²) in [6.45, 7) is 1.51. The minimum absolute atomic E-state index is 0.0208. The van der Waals surface area contributed by atoms with Crippen molar-refractivity contribution in [3.63, 3.8) is 0 Å². The SMILES string of the molecule is Cc1noc(NS(=O)(=O)c2ccc(NN)c([N+](=O)[O-])c2)n1. The predicted octanol–water partition coefficient (Wildman–Crippen LogP) is 0.373. The number of hydrazine groups is 1. The van der Waals surface area contributed by atoms with Crippen LogP contribution >= 0.6 is 0 Å². The lowest BCUT2D eigenvalue weighted by Gasteiger charge is -2.06. The van der Waals surface area contributed by atoms with E-state index in [2.05, 4.69) is 20.1 Å². The van der Waals surface area contributed by atoms with Crippen LogP contribution in [0.5, 0.6) is 0 Å². The zero-order valence-corrected chi connectivity index (χ0v) is 11.4. The summed E-state index contributed by atoms with van der Waals surface area (Å²) in [6.07, 6.45) is 0. The van der Waals surface area contributed by atoms with Gasteiger partial charge in [0.1, 0.15) is 5.69 Å². The third kappa shape index (κ3) is 3.06. The van der Waals surface area contributed by atoms with E-state index in [1.54, 1.807) is 0 Å². The molecule has 11 nitrogen and oxygen atoms in total. The Bertz CT molecular complexity index is 786. The maximum absolute atomic E-state index is 12.1. The highest BCUT2D eigenvalue weighted by atomic mass is 32.2. The fourth-order valence-electron chi connectivity index (χ4n) is 1.46. The van der Waals surface area contributed by atoms with E-state index in [9.17, 15) is 18.5 Å². The lowest BCUT2D eigenvalue weighted by atomic mass is 10.3. The maximum atomic E-state index is 12.1. The standard InChI is InChI=1S/C9H10N6O5S/c1-5-11-9(20-13-5)14-21(18,19)6-2-3-7(12-10)8(4-6)15(16)17/h2-4,12H,10H2,1H3,(H,11,13,14). The maximum Gasteiger partial charge on any atom is 0.335 e. The van der Waals surface area contributed by atoms with Crippen LogP contribution in [-0.4, -0.2) is 23.5 Å². The first-order valence-corrected chi connectivity index (χ1v) is 6.90. The largest absolute Gasteiger partial charge is 0.335 e. The highest BCUT2D eigenvalue weighted by Gasteiger charge is 2.22. The lowest BCUT2D eigenvalue weighted by Crippen LogP contribution is -2.15. The Kier molecular flexibility index (Phi) is 3.73. The number of aromatic nitrogens is 2. The van der Waals surface area contributed by atoms with Crippen molar-refractivity contribution in [3.8, 4) is 0 Å². The van der Waals surface area contributed by atoms with Crippen molar-refractivity contribution in [1.82, 2.24) is 10.1 Å². The Morgan fingerprint density at radius 1 is 1.43 bits per heavy atom. The third-order valence-corrected chi connectivity index (χ3v) is 3.70. The highest BCUT2D eigenvalue weighted by Crippen LogP contribution is 2.27. The molecular formula is C9H10N6O5S. The van der Waals surface area contributed by atoms with Gasteiger partial charge in [0.2, 0.25) is 0 Å². The minimum Gasteiger partial charge on any atom is -0.318 e. The summed E-state index contributed by atoms with van der Waals surface area (Å²) in [5.74, 6) is 5.36. The van der Waals surface area contributed by atoms with Crippen molar-refractivity contribution in [1.29, 1.82) is 0 Å². The van der Waals surface area contributed by atoms with Gasteiger partial charge in [-0.1, -0.05) is 5.16 Å². The molecule has 21 heavy (non-hydrogen) atoms. The van der Waals surface area contributed by atoms with Crippen LogP contribution in [0, 0.1) is 17.0 Å². The van der Waals surface area contributed by atoms with E-state index < -0.39 is 20.6 Å². The zero-order chi connectivity index (χ0) is 15.6. The minimum atomic E-state index is -4.10. The lowest BCUT2D eigenvalue weighted by molar-refractivity contribution is -0.384. The summed E-state index contributed by atoms with van der Waals surface area (Å²) >= 11 is 0. The fourth-order valence-corrected chi connectivity index (χ4v) is 2.41. The topological polar surface area (TPSA) is 166 Å². The van der Waals surface area contributed by atoms with E-state index >= 15 is 0 Å². The van der Waals surface area contributed by atoms with Gasteiger partial charge < -0.3 is 9.95 Å². The van der Waals surface area contributed by atoms with Crippen molar-refractivity contribution >= 4 is 27.4 Å². The Morgan fingerprint density at radius 3 is 2.67 bits per heavy atom. The number of aryl methyl sites for hydroxylation is 1. The first-order valence-electron chi connectivity index (χ1n) is 5.41. The molecule has 0 aliphatic rings. The fraction of sp³-hybridized carbons (Fsp3) is 0.111. The number of hydrogen-bond donors (Lipinski definition) is 3. The summed E-state index contributed by atoms with van der Waals surface area (Å²) in [5.41, 5.74) is 1.61. The van der Waals surface area contributed by atoms with Crippen LogP contribution in [0.4, 0.5) is 17.4 Å². The second-order valence-electron chi connectivity index (χ2n) is 3.83. The Labute approximate surface area is 118 Å². The second kappa shape index (κ2) is 5.34. The van der Waals surface area contributed by atoms with Crippen LogP contribution < -0.4 is 16.0 Å². The van der Waals surface area contributed by atoms with Gasteiger partial charge in [-0.2, -0.15) is 4.98 Å². The molecule has 0 aliphatic carbocycles. The predicted molar refractivity (Wildman–Crippen MR) is 70.8 cm³/mol. The normalized spacial score (nSPS) is 11.1. The third-order valence-electron chi connectivity index (χ3n) is 2.38. The molecule has 0 unspecified atom stereocenters. The number of rotatable bonds is 5.